The zero-order chi connectivity index (χ0) is 26.5. The molecule has 192 valence electrons. The Kier molecular flexibility index (Phi) is 9.00. The Bertz CT molecular complexity index is 1200. The number of ether oxygens (including phenoxy) is 1. The average molecular weight is 532 g/mol. The number of nitrogens with zero attached hydrogens (tertiary/aromatic N) is 3. The van der Waals surface area contributed by atoms with E-state index in [1.54, 1.807) is 22.9 Å². The maximum absolute atomic E-state index is 13.1. The van der Waals surface area contributed by atoms with Crippen molar-refractivity contribution in [3.8, 4) is 5.69 Å². The van der Waals surface area contributed by atoms with Gasteiger partial charge in [0.05, 0.1) is 33.7 Å². The fraction of sp³-hybridized carbons (Fsp3) is 0.346. The molecule has 2 aromatic carbocycles. The molecule has 8 nitrogen and oxygen atoms in total. The third-order valence-electron chi connectivity index (χ3n) is 5.41. The highest BCUT2D eigenvalue weighted by Gasteiger charge is 2.23. The number of rotatable bonds is 8. The molecule has 2 N–H and O–H groups in total. The largest absolute Gasteiger partial charge is 0.383 e. The lowest BCUT2D eigenvalue weighted by Crippen LogP contribution is -2.42. The van der Waals surface area contributed by atoms with Crippen LogP contribution in [-0.4, -0.2) is 53.4 Å². The Labute approximate surface area is 221 Å². The first-order chi connectivity index (χ1) is 17.0. The molecule has 3 aromatic rings. The SMILES string of the molecule is COCCN(CC(=O)Nc1cc(C(C)(C)C)nn1-c1ccc(C)cc1)C(=O)Nc1c(Cl)cccc1Cl. The highest BCUT2D eigenvalue weighted by atomic mass is 35.5. The molecule has 0 spiro atoms. The van der Waals surface area contributed by atoms with Gasteiger partial charge < -0.3 is 20.3 Å². The Morgan fingerprint density at radius 2 is 1.69 bits per heavy atom. The van der Waals surface area contributed by atoms with Crippen LogP contribution in [0.15, 0.2) is 48.5 Å². The summed E-state index contributed by atoms with van der Waals surface area (Å²) in [5, 5.41) is 10.9. The van der Waals surface area contributed by atoms with Crippen LogP contribution in [0, 0.1) is 6.92 Å². The number of anilines is 2. The number of methoxy groups -OCH3 is 1. The molecule has 0 saturated heterocycles. The summed E-state index contributed by atoms with van der Waals surface area (Å²) in [7, 11) is 1.52. The molecule has 0 aliphatic heterocycles. The van der Waals surface area contributed by atoms with Crippen LogP contribution in [0.25, 0.3) is 5.69 Å². The maximum Gasteiger partial charge on any atom is 0.322 e. The number of amides is 3. The van der Waals surface area contributed by atoms with E-state index in [-0.39, 0.29) is 36.7 Å². The number of hydrogen-bond donors (Lipinski definition) is 2. The zero-order valence-electron chi connectivity index (χ0n) is 21.1. The normalized spacial score (nSPS) is 11.3. The van der Waals surface area contributed by atoms with Gasteiger partial charge in [0, 0.05) is 25.1 Å². The number of nitrogens with one attached hydrogen (secondary N) is 2. The van der Waals surface area contributed by atoms with Crippen LogP contribution in [0.4, 0.5) is 16.3 Å². The molecule has 0 radical (unpaired) electrons. The standard InChI is InChI=1S/C26H31Cl2N5O3/c1-17-9-11-18(12-10-17)33-22(15-21(31-33)26(2,3)4)29-23(34)16-32(13-14-36-5)25(35)30-24-19(27)7-6-8-20(24)28/h6-12,15H,13-14,16H2,1-5H3,(H,29,34)(H,30,35). The van der Waals surface area contributed by atoms with Crippen LogP contribution in [0.2, 0.25) is 10.0 Å². The second kappa shape index (κ2) is 11.8. The van der Waals surface area contributed by atoms with Crippen molar-refractivity contribution in [2.45, 2.75) is 33.1 Å². The van der Waals surface area contributed by atoms with Gasteiger partial charge in [-0.1, -0.05) is 67.7 Å². The number of carbonyl (C=O) groups is 2. The van der Waals surface area contributed by atoms with Gasteiger partial charge in [-0.15, -0.1) is 0 Å². The van der Waals surface area contributed by atoms with Crippen LogP contribution >= 0.6 is 23.2 Å². The first kappa shape index (κ1) is 27.5. The van der Waals surface area contributed by atoms with Gasteiger partial charge in [-0.05, 0) is 31.2 Å². The number of benzene rings is 2. The smallest absolute Gasteiger partial charge is 0.322 e. The van der Waals surface area contributed by atoms with Gasteiger partial charge in [0.1, 0.15) is 12.4 Å². The second-order valence-electron chi connectivity index (χ2n) is 9.40. The Balaban J connectivity index is 1.82. The molecule has 0 unspecified atom stereocenters. The quantitative estimate of drug-likeness (QED) is 0.378. The molecule has 0 aliphatic rings. The van der Waals surface area contributed by atoms with E-state index < -0.39 is 6.03 Å². The number of para-hydroxylation sites is 1. The van der Waals surface area contributed by atoms with E-state index in [9.17, 15) is 9.59 Å². The highest BCUT2D eigenvalue weighted by molar-refractivity contribution is 6.39. The summed E-state index contributed by atoms with van der Waals surface area (Å²) in [6, 6.07) is 14.1. The summed E-state index contributed by atoms with van der Waals surface area (Å²) in [6.07, 6.45) is 0. The number of aryl methyl sites for hydroxylation is 1. The minimum Gasteiger partial charge on any atom is -0.383 e. The molecular weight excluding hydrogens is 501 g/mol. The van der Waals surface area contributed by atoms with E-state index in [2.05, 4.69) is 31.4 Å². The van der Waals surface area contributed by atoms with Crippen LogP contribution < -0.4 is 10.6 Å². The molecule has 36 heavy (non-hydrogen) atoms. The first-order valence-electron chi connectivity index (χ1n) is 11.5. The maximum atomic E-state index is 13.1. The molecular formula is C26H31Cl2N5O3. The molecule has 0 bridgehead atoms. The summed E-state index contributed by atoms with van der Waals surface area (Å²) >= 11 is 12.4. The number of hydrogen-bond acceptors (Lipinski definition) is 4. The number of urea groups is 1. The molecule has 0 aliphatic carbocycles. The summed E-state index contributed by atoms with van der Waals surface area (Å²) in [5.41, 5.74) is 2.80. The highest BCUT2D eigenvalue weighted by Crippen LogP contribution is 2.30. The van der Waals surface area contributed by atoms with Crippen molar-refractivity contribution in [1.29, 1.82) is 0 Å². The molecule has 10 heteroatoms. The predicted molar refractivity (Wildman–Crippen MR) is 145 cm³/mol. The molecule has 0 atom stereocenters. The van der Waals surface area contributed by atoms with Gasteiger partial charge in [-0.25, -0.2) is 9.48 Å². The third kappa shape index (κ3) is 7.00. The molecule has 3 rings (SSSR count). The van der Waals surface area contributed by atoms with E-state index in [1.807, 2.05) is 37.3 Å². The summed E-state index contributed by atoms with van der Waals surface area (Å²) in [6.45, 7) is 8.37. The van der Waals surface area contributed by atoms with Crippen molar-refractivity contribution < 1.29 is 14.3 Å². The van der Waals surface area contributed by atoms with E-state index in [1.165, 1.54) is 12.0 Å². The van der Waals surface area contributed by atoms with Crippen LogP contribution in [0.1, 0.15) is 32.0 Å². The number of aromatic nitrogens is 2. The minimum atomic E-state index is -0.528. The molecule has 3 amide bonds. The lowest BCUT2D eigenvalue weighted by atomic mass is 9.92. The van der Waals surface area contributed by atoms with E-state index in [0.29, 0.717) is 15.9 Å². The number of carbonyl (C=O) groups excluding carboxylic acids is 2. The van der Waals surface area contributed by atoms with Crippen molar-refractivity contribution in [2.75, 3.05) is 37.4 Å². The van der Waals surface area contributed by atoms with Crippen LogP contribution in [0.5, 0.6) is 0 Å². The lowest BCUT2D eigenvalue weighted by molar-refractivity contribution is -0.116. The van der Waals surface area contributed by atoms with Crippen molar-refractivity contribution in [3.05, 3.63) is 69.8 Å². The van der Waals surface area contributed by atoms with Gasteiger partial charge >= 0.3 is 6.03 Å². The van der Waals surface area contributed by atoms with Gasteiger partial charge in [-0.2, -0.15) is 5.10 Å². The Hall–Kier alpha value is -3.07. The van der Waals surface area contributed by atoms with E-state index in [0.717, 1.165) is 16.9 Å². The predicted octanol–water partition coefficient (Wildman–Crippen LogP) is 5.90. The zero-order valence-corrected chi connectivity index (χ0v) is 22.6. The van der Waals surface area contributed by atoms with Gasteiger partial charge in [0.25, 0.3) is 0 Å². The monoisotopic (exact) mass is 531 g/mol. The van der Waals surface area contributed by atoms with Gasteiger partial charge in [-0.3, -0.25) is 4.79 Å². The van der Waals surface area contributed by atoms with Crippen molar-refractivity contribution in [2.24, 2.45) is 0 Å². The van der Waals surface area contributed by atoms with Gasteiger partial charge in [0.15, 0.2) is 0 Å². The Morgan fingerprint density at radius 3 is 2.28 bits per heavy atom. The van der Waals surface area contributed by atoms with Crippen molar-refractivity contribution in [1.82, 2.24) is 14.7 Å². The summed E-state index contributed by atoms with van der Waals surface area (Å²) in [4.78, 5) is 27.4. The molecule has 1 heterocycles. The van der Waals surface area contributed by atoms with Crippen LogP contribution in [-0.2, 0) is 14.9 Å². The van der Waals surface area contributed by atoms with Gasteiger partial charge in [0.2, 0.25) is 5.91 Å². The first-order valence-corrected chi connectivity index (χ1v) is 12.2. The fourth-order valence-corrected chi connectivity index (χ4v) is 3.82. The lowest BCUT2D eigenvalue weighted by Gasteiger charge is -2.23. The minimum absolute atomic E-state index is 0.183. The van der Waals surface area contributed by atoms with E-state index in [4.69, 9.17) is 33.0 Å². The molecule has 1 aromatic heterocycles. The van der Waals surface area contributed by atoms with E-state index >= 15 is 0 Å². The second-order valence-corrected chi connectivity index (χ2v) is 10.2. The molecule has 0 fully saturated rings. The van der Waals surface area contributed by atoms with Crippen LogP contribution in [0.3, 0.4) is 0 Å². The molecule has 0 saturated carbocycles. The van der Waals surface area contributed by atoms with Crippen molar-refractivity contribution >= 4 is 46.6 Å². The topological polar surface area (TPSA) is 88.5 Å². The Morgan fingerprint density at radius 1 is 1.06 bits per heavy atom. The number of halogens is 2. The average Bonchev–Trinajstić information content (AvgIpc) is 3.23. The van der Waals surface area contributed by atoms with Crippen molar-refractivity contribution in [3.63, 3.8) is 0 Å². The summed E-state index contributed by atoms with van der Waals surface area (Å²) < 4.78 is 6.82. The summed E-state index contributed by atoms with van der Waals surface area (Å²) in [5.74, 6) is 0.121. The fourth-order valence-electron chi connectivity index (χ4n) is 3.33. The third-order valence-corrected chi connectivity index (χ3v) is 6.04.